The van der Waals surface area contributed by atoms with Crippen LogP contribution in [0.4, 0.5) is 22.0 Å². The van der Waals surface area contributed by atoms with E-state index in [-0.39, 0.29) is 5.56 Å². The highest BCUT2D eigenvalue weighted by Crippen LogP contribution is 2.51. The Morgan fingerprint density at radius 3 is 1.33 bits per heavy atom. The van der Waals surface area contributed by atoms with E-state index in [0.29, 0.717) is 21.5 Å². The van der Waals surface area contributed by atoms with Gasteiger partial charge in [-0.3, -0.25) is 0 Å². The summed E-state index contributed by atoms with van der Waals surface area (Å²) in [7, 11) is 0. The van der Waals surface area contributed by atoms with Crippen molar-refractivity contribution < 1.29 is 26.7 Å². The molecule has 0 saturated heterocycles. The second-order valence-corrected chi connectivity index (χ2v) is 12.9. The van der Waals surface area contributed by atoms with Gasteiger partial charge in [-0.2, -0.15) is 0 Å². The number of halogens is 5. The molecule has 0 amide bonds. The lowest BCUT2D eigenvalue weighted by molar-refractivity contribution is 0.381. The number of benzene rings is 9. The van der Waals surface area contributed by atoms with Crippen LogP contribution >= 0.6 is 0 Å². The zero-order valence-corrected chi connectivity index (χ0v) is 27.1. The Kier molecular flexibility index (Phi) is 6.55. The Hall–Kier alpha value is -6.53. The quantitative estimate of drug-likeness (QED) is 0.0778. The van der Waals surface area contributed by atoms with Crippen molar-refractivity contribution in [3.63, 3.8) is 0 Å². The topological polar surface area (TPSA) is 9.23 Å². The minimum atomic E-state index is -2.19. The van der Waals surface area contributed by atoms with E-state index >= 15 is 8.78 Å². The summed E-state index contributed by atoms with van der Waals surface area (Å²) in [5.41, 5.74) is 4.80. The molecule has 10 rings (SSSR count). The van der Waals surface area contributed by atoms with E-state index in [9.17, 15) is 13.2 Å². The number of para-hydroxylation sites is 1. The van der Waals surface area contributed by atoms with Gasteiger partial charge in [0.05, 0.1) is 5.56 Å². The summed E-state index contributed by atoms with van der Waals surface area (Å²) >= 11 is 0. The molecule has 1 aliphatic rings. The maximum absolute atomic E-state index is 15.5. The van der Waals surface area contributed by atoms with E-state index in [4.69, 9.17) is 4.74 Å². The highest BCUT2D eigenvalue weighted by molar-refractivity contribution is 6.24. The van der Waals surface area contributed by atoms with Crippen molar-refractivity contribution in [3.8, 4) is 56.0 Å². The maximum atomic E-state index is 15.5. The summed E-state index contributed by atoms with van der Waals surface area (Å²) in [5, 5.41) is 5.92. The minimum absolute atomic E-state index is 0.0590. The molecule has 1 nitrogen and oxygen atoms in total. The summed E-state index contributed by atoms with van der Waals surface area (Å²) in [4.78, 5) is 0. The van der Waals surface area contributed by atoms with Gasteiger partial charge in [0.25, 0.3) is 0 Å². The molecule has 52 heavy (non-hydrogen) atoms. The second kappa shape index (κ2) is 11.2. The van der Waals surface area contributed by atoms with Gasteiger partial charge in [0.2, 0.25) is 5.82 Å². The third kappa shape index (κ3) is 4.15. The molecule has 6 heteroatoms. The highest BCUT2D eigenvalue weighted by atomic mass is 19.2. The van der Waals surface area contributed by atoms with Crippen molar-refractivity contribution in [3.05, 3.63) is 169 Å². The standard InChI is InChI=1S/C46H23F5O/c47-42-41(43(48)45(50)46(51)44(42)49)40-32-15-5-3-13-30(32)38(31-14-4-6-16-33(31)40)34-22-20-26(24-10-1-2-11-25(24)34)27-21-23-35-28-12-7-8-18-36(28)52-37-19-9-17-29(27)39(35)37/h1-23H. The van der Waals surface area contributed by atoms with Crippen molar-refractivity contribution in [1.29, 1.82) is 0 Å². The van der Waals surface area contributed by atoms with Crippen LogP contribution in [0.1, 0.15) is 0 Å². The molecule has 0 radical (unpaired) electrons. The third-order valence-corrected chi connectivity index (χ3v) is 10.3. The van der Waals surface area contributed by atoms with Crippen LogP contribution in [0.3, 0.4) is 0 Å². The maximum Gasteiger partial charge on any atom is 0.200 e. The highest BCUT2D eigenvalue weighted by Gasteiger charge is 2.30. The number of ether oxygens (including phenoxy) is 1. The summed E-state index contributed by atoms with van der Waals surface area (Å²) in [5.74, 6) is -8.29. The SMILES string of the molecule is Fc1c(F)c(F)c(-c2c3ccccc3c(-c3ccc(-c4ccc5c6c(cccc46)Oc4ccccc4-5)c4ccccc34)c3ccccc23)c(F)c1F. The average Bonchev–Trinajstić information content (AvgIpc) is 3.19. The van der Waals surface area contributed by atoms with Crippen LogP contribution in [0.15, 0.2) is 140 Å². The normalized spacial score (nSPS) is 12.1. The molecule has 0 spiro atoms. The summed E-state index contributed by atoms with van der Waals surface area (Å²) in [6, 6.07) is 44.5. The van der Waals surface area contributed by atoms with Crippen LogP contribution in [0, 0.1) is 29.1 Å². The summed E-state index contributed by atoms with van der Waals surface area (Å²) in [6.45, 7) is 0. The van der Waals surface area contributed by atoms with Gasteiger partial charge in [0.15, 0.2) is 23.3 Å². The van der Waals surface area contributed by atoms with Crippen molar-refractivity contribution in [2.45, 2.75) is 0 Å². The fourth-order valence-corrected chi connectivity index (χ4v) is 8.08. The third-order valence-electron chi connectivity index (χ3n) is 10.3. The van der Waals surface area contributed by atoms with E-state index in [1.165, 1.54) is 0 Å². The molecule has 9 aromatic carbocycles. The molecule has 0 atom stereocenters. The van der Waals surface area contributed by atoms with Crippen LogP contribution in [-0.4, -0.2) is 0 Å². The van der Waals surface area contributed by atoms with Crippen LogP contribution < -0.4 is 4.74 Å². The van der Waals surface area contributed by atoms with Crippen molar-refractivity contribution in [2.24, 2.45) is 0 Å². The Balaban J connectivity index is 1.26. The molecule has 0 bridgehead atoms. The first kappa shape index (κ1) is 30.3. The Labute approximate surface area is 293 Å². The van der Waals surface area contributed by atoms with Gasteiger partial charge in [-0.25, -0.2) is 22.0 Å². The molecule has 0 saturated carbocycles. The molecule has 0 aliphatic carbocycles. The zero-order chi connectivity index (χ0) is 35.2. The molecular weight excluding hydrogens is 663 g/mol. The van der Waals surface area contributed by atoms with E-state index in [1.807, 2.05) is 66.7 Å². The van der Waals surface area contributed by atoms with Gasteiger partial charge < -0.3 is 4.74 Å². The summed E-state index contributed by atoms with van der Waals surface area (Å²) in [6.07, 6.45) is 0. The van der Waals surface area contributed by atoms with Gasteiger partial charge in [-0.05, 0) is 77.7 Å². The first-order valence-electron chi connectivity index (χ1n) is 16.7. The van der Waals surface area contributed by atoms with Crippen LogP contribution in [0.2, 0.25) is 0 Å². The Morgan fingerprint density at radius 2 is 0.692 bits per heavy atom. The van der Waals surface area contributed by atoms with E-state index in [1.54, 1.807) is 36.4 Å². The Bertz CT molecular complexity index is 2920. The van der Waals surface area contributed by atoms with Crippen LogP contribution in [0.5, 0.6) is 11.5 Å². The molecular formula is C46H23F5O. The number of hydrogen-bond donors (Lipinski definition) is 0. The number of rotatable bonds is 3. The van der Waals surface area contributed by atoms with Crippen molar-refractivity contribution >= 4 is 43.1 Å². The number of hydrogen-bond acceptors (Lipinski definition) is 1. The molecule has 0 aromatic heterocycles. The van der Waals surface area contributed by atoms with E-state index < -0.39 is 34.6 Å². The molecule has 0 fully saturated rings. The van der Waals surface area contributed by atoms with Gasteiger partial charge in [0, 0.05) is 16.5 Å². The van der Waals surface area contributed by atoms with Crippen LogP contribution in [-0.2, 0) is 0 Å². The lowest BCUT2D eigenvalue weighted by Gasteiger charge is -2.23. The molecule has 0 unspecified atom stereocenters. The molecule has 1 heterocycles. The largest absolute Gasteiger partial charge is 0.456 e. The number of fused-ring (bicyclic) bond motifs is 5. The van der Waals surface area contributed by atoms with Gasteiger partial charge in [-0.1, -0.05) is 127 Å². The van der Waals surface area contributed by atoms with Gasteiger partial charge in [0.1, 0.15) is 11.5 Å². The van der Waals surface area contributed by atoms with Gasteiger partial charge in [-0.15, -0.1) is 0 Å². The minimum Gasteiger partial charge on any atom is -0.456 e. The fourth-order valence-electron chi connectivity index (χ4n) is 8.08. The molecule has 248 valence electrons. The smallest absolute Gasteiger partial charge is 0.200 e. The van der Waals surface area contributed by atoms with E-state index in [0.717, 1.165) is 66.4 Å². The predicted molar refractivity (Wildman–Crippen MR) is 198 cm³/mol. The molecule has 0 N–H and O–H groups in total. The predicted octanol–water partition coefficient (Wildman–Crippen LogP) is 13.8. The molecule has 9 aromatic rings. The Morgan fingerprint density at radius 1 is 0.269 bits per heavy atom. The van der Waals surface area contributed by atoms with Crippen LogP contribution in [0.25, 0.3) is 87.6 Å². The van der Waals surface area contributed by atoms with E-state index in [2.05, 4.69) is 36.4 Å². The first-order valence-corrected chi connectivity index (χ1v) is 16.7. The average molecular weight is 687 g/mol. The fraction of sp³-hybridized carbons (Fsp3) is 0. The lowest BCUT2D eigenvalue weighted by atomic mass is 9.83. The first-order chi connectivity index (χ1) is 25.4. The monoisotopic (exact) mass is 686 g/mol. The van der Waals surface area contributed by atoms with Crippen molar-refractivity contribution in [1.82, 2.24) is 0 Å². The second-order valence-electron chi connectivity index (χ2n) is 12.9. The van der Waals surface area contributed by atoms with Crippen molar-refractivity contribution in [2.75, 3.05) is 0 Å². The molecule has 1 aliphatic heterocycles. The zero-order valence-electron chi connectivity index (χ0n) is 27.1. The van der Waals surface area contributed by atoms with Gasteiger partial charge >= 0.3 is 0 Å². The lowest BCUT2D eigenvalue weighted by Crippen LogP contribution is -2.05. The summed E-state index contributed by atoms with van der Waals surface area (Å²) < 4.78 is 80.9.